The Morgan fingerprint density at radius 2 is 1.89 bits per heavy atom. The van der Waals surface area contributed by atoms with E-state index in [1.54, 1.807) is 6.08 Å². The van der Waals surface area contributed by atoms with Gasteiger partial charge in [0.2, 0.25) is 0 Å². The molecule has 2 aromatic carbocycles. The van der Waals surface area contributed by atoms with Crippen LogP contribution >= 0.6 is 0 Å². The summed E-state index contributed by atoms with van der Waals surface area (Å²) < 4.78 is 5.82. The summed E-state index contributed by atoms with van der Waals surface area (Å²) in [6.45, 7) is 0.473. The number of rotatable bonds is 6. The van der Waals surface area contributed by atoms with Crippen LogP contribution in [0.15, 0.2) is 60.2 Å². The normalized spacial score (nSPS) is 15.0. The first kappa shape index (κ1) is 18.7. The van der Waals surface area contributed by atoms with Gasteiger partial charge in [0.05, 0.1) is 0 Å². The third-order valence-corrected chi connectivity index (χ3v) is 4.72. The average molecular weight is 360 g/mol. The summed E-state index contributed by atoms with van der Waals surface area (Å²) in [5.74, 6) is 0.414. The Morgan fingerprint density at radius 3 is 2.63 bits per heavy atom. The highest BCUT2D eigenvalue weighted by Crippen LogP contribution is 2.19. The zero-order valence-electron chi connectivity index (χ0n) is 15.4. The second-order valence-electron chi connectivity index (χ2n) is 6.82. The molecular weight excluding hydrogens is 336 g/mol. The molecule has 1 aliphatic rings. The van der Waals surface area contributed by atoms with Gasteiger partial charge in [-0.3, -0.25) is 4.79 Å². The Bertz CT molecular complexity index is 831. The van der Waals surface area contributed by atoms with Crippen molar-refractivity contribution in [3.63, 3.8) is 0 Å². The minimum absolute atomic E-state index is 0.126. The van der Waals surface area contributed by atoms with Crippen molar-refractivity contribution in [1.82, 2.24) is 5.32 Å². The van der Waals surface area contributed by atoms with E-state index in [1.165, 1.54) is 6.42 Å². The van der Waals surface area contributed by atoms with Crippen LogP contribution in [0, 0.1) is 11.3 Å². The van der Waals surface area contributed by atoms with E-state index in [2.05, 4.69) is 5.32 Å². The molecule has 0 atom stereocenters. The molecule has 1 amide bonds. The van der Waals surface area contributed by atoms with Gasteiger partial charge < -0.3 is 10.1 Å². The second kappa shape index (κ2) is 9.59. The maximum atomic E-state index is 12.4. The number of ether oxygens (including phenoxy) is 1. The Hall–Kier alpha value is -3.06. The number of hydrogen-bond donors (Lipinski definition) is 1. The van der Waals surface area contributed by atoms with Gasteiger partial charge in [-0.25, -0.2) is 0 Å². The van der Waals surface area contributed by atoms with Crippen LogP contribution in [0.5, 0.6) is 5.75 Å². The maximum absolute atomic E-state index is 12.4. The summed E-state index contributed by atoms with van der Waals surface area (Å²) >= 11 is 0. The molecule has 0 heterocycles. The number of nitrogens with zero attached hydrogens (tertiary/aromatic N) is 1. The topological polar surface area (TPSA) is 62.1 Å². The number of carbonyl (C=O) groups excluding carboxylic acids is 1. The molecule has 3 rings (SSSR count). The van der Waals surface area contributed by atoms with Crippen LogP contribution in [0.25, 0.3) is 6.08 Å². The Labute approximate surface area is 160 Å². The van der Waals surface area contributed by atoms with Crippen molar-refractivity contribution >= 4 is 12.0 Å². The summed E-state index contributed by atoms with van der Waals surface area (Å²) in [6.07, 6.45) is 7.10. The number of benzene rings is 2. The molecule has 0 spiro atoms. The number of nitriles is 1. The molecule has 0 aliphatic heterocycles. The molecule has 1 N–H and O–H groups in total. The monoisotopic (exact) mass is 360 g/mol. The summed E-state index contributed by atoms with van der Waals surface area (Å²) in [7, 11) is 0. The van der Waals surface area contributed by atoms with E-state index in [0.717, 1.165) is 36.8 Å². The molecule has 138 valence electrons. The van der Waals surface area contributed by atoms with Crippen LogP contribution < -0.4 is 10.1 Å². The predicted octanol–water partition coefficient (Wildman–Crippen LogP) is 4.62. The lowest BCUT2D eigenvalue weighted by atomic mass is 9.95. The number of amides is 1. The maximum Gasteiger partial charge on any atom is 0.262 e. The number of nitrogens with one attached hydrogen (secondary N) is 1. The van der Waals surface area contributed by atoms with E-state index in [1.807, 2.05) is 60.7 Å². The Balaban J connectivity index is 1.65. The lowest BCUT2D eigenvalue weighted by Crippen LogP contribution is -2.36. The molecule has 0 radical (unpaired) electrons. The molecule has 0 saturated heterocycles. The van der Waals surface area contributed by atoms with Gasteiger partial charge in [-0.2, -0.15) is 5.26 Å². The van der Waals surface area contributed by atoms with E-state index >= 15 is 0 Å². The minimum atomic E-state index is -0.292. The van der Waals surface area contributed by atoms with Crippen LogP contribution in [-0.4, -0.2) is 11.9 Å². The van der Waals surface area contributed by atoms with E-state index in [4.69, 9.17) is 4.74 Å². The van der Waals surface area contributed by atoms with Gasteiger partial charge >= 0.3 is 0 Å². The molecule has 1 aliphatic carbocycles. The molecule has 1 saturated carbocycles. The van der Waals surface area contributed by atoms with E-state index < -0.39 is 0 Å². The van der Waals surface area contributed by atoms with Crippen LogP contribution in [0.3, 0.4) is 0 Å². The lowest BCUT2D eigenvalue weighted by molar-refractivity contribution is -0.117. The number of carbonyl (C=O) groups is 1. The van der Waals surface area contributed by atoms with Crippen LogP contribution in [-0.2, 0) is 11.4 Å². The van der Waals surface area contributed by atoms with Crippen molar-refractivity contribution < 1.29 is 9.53 Å². The molecule has 4 nitrogen and oxygen atoms in total. The van der Waals surface area contributed by atoms with E-state index in [0.29, 0.717) is 12.4 Å². The zero-order chi connectivity index (χ0) is 18.9. The Morgan fingerprint density at radius 1 is 1.11 bits per heavy atom. The SMILES string of the molecule is N#C/C(=C\c1cccc(OCc2ccccc2)c1)C(=O)NC1CCCCC1. The van der Waals surface area contributed by atoms with Gasteiger partial charge in [0.15, 0.2) is 0 Å². The molecular formula is C23H24N2O2. The minimum Gasteiger partial charge on any atom is -0.489 e. The molecule has 0 bridgehead atoms. The average Bonchev–Trinajstić information content (AvgIpc) is 2.72. The van der Waals surface area contributed by atoms with Crippen LogP contribution in [0.4, 0.5) is 0 Å². The van der Waals surface area contributed by atoms with Crippen molar-refractivity contribution in [2.75, 3.05) is 0 Å². The molecule has 2 aromatic rings. The van der Waals surface area contributed by atoms with E-state index in [-0.39, 0.29) is 17.5 Å². The number of hydrogen-bond acceptors (Lipinski definition) is 3. The third kappa shape index (κ3) is 5.72. The van der Waals surface area contributed by atoms with Crippen molar-refractivity contribution in [1.29, 1.82) is 5.26 Å². The fourth-order valence-electron chi connectivity index (χ4n) is 3.26. The second-order valence-corrected chi connectivity index (χ2v) is 6.82. The summed E-state index contributed by atoms with van der Waals surface area (Å²) in [5, 5.41) is 12.4. The quantitative estimate of drug-likeness (QED) is 0.604. The predicted molar refractivity (Wildman–Crippen MR) is 106 cm³/mol. The highest BCUT2D eigenvalue weighted by Gasteiger charge is 2.18. The highest BCUT2D eigenvalue weighted by molar-refractivity contribution is 6.01. The van der Waals surface area contributed by atoms with Crippen molar-refractivity contribution in [2.45, 2.75) is 44.8 Å². The van der Waals surface area contributed by atoms with Crippen LogP contribution in [0.2, 0.25) is 0 Å². The van der Waals surface area contributed by atoms with Gasteiger partial charge in [0.25, 0.3) is 5.91 Å². The van der Waals surface area contributed by atoms with Gasteiger partial charge in [0, 0.05) is 6.04 Å². The fourth-order valence-corrected chi connectivity index (χ4v) is 3.26. The fraction of sp³-hybridized carbons (Fsp3) is 0.304. The van der Waals surface area contributed by atoms with Crippen molar-refractivity contribution in [3.05, 3.63) is 71.3 Å². The van der Waals surface area contributed by atoms with Gasteiger partial charge in [0.1, 0.15) is 24.0 Å². The summed E-state index contributed by atoms with van der Waals surface area (Å²) in [6, 6.07) is 19.6. The lowest BCUT2D eigenvalue weighted by Gasteiger charge is -2.22. The molecule has 1 fully saturated rings. The third-order valence-electron chi connectivity index (χ3n) is 4.72. The smallest absolute Gasteiger partial charge is 0.262 e. The molecule has 4 heteroatoms. The standard InChI is InChI=1S/C23H24N2O2/c24-16-20(23(26)25-21-11-5-2-6-12-21)14-19-10-7-13-22(15-19)27-17-18-8-3-1-4-9-18/h1,3-4,7-10,13-15,21H,2,5-6,11-12,17H2,(H,25,26)/b20-14+. The van der Waals surface area contributed by atoms with Crippen molar-refractivity contribution in [3.8, 4) is 11.8 Å². The first-order valence-electron chi connectivity index (χ1n) is 9.44. The van der Waals surface area contributed by atoms with Gasteiger partial charge in [-0.15, -0.1) is 0 Å². The molecule has 0 aromatic heterocycles. The Kier molecular flexibility index (Phi) is 6.65. The van der Waals surface area contributed by atoms with Crippen molar-refractivity contribution in [2.24, 2.45) is 0 Å². The largest absolute Gasteiger partial charge is 0.489 e. The zero-order valence-corrected chi connectivity index (χ0v) is 15.4. The van der Waals surface area contributed by atoms with Gasteiger partial charge in [-0.1, -0.05) is 61.7 Å². The first-order valence-corrected chi connectivity index (χ1v) is 9.44. The molecule has 27 heavy (non-hydrogen) atoms. The van der Waals surface area contributed by atoms with Gasteiger partial charge in [-0.05, 0) is 42.2 Å². The molecule has 0 unspecified atom stereocenters. The van der Waals surface area contributed by atoms with E-state index in [9.17, 15) is 10.1 Å². The summed E-state index contributed by atoms with van der Waals surface area (Å²) in [5.41, 5.74) is 1.99. The first-order chi connectivity index (χ1) is 13.2. The van der Waals surface area contributed by atoms with Crippen LogP contribution in [0.1, 0.15) is 43.2 Å². The summed E-state index contributed by atoms with van der Waals surface area (Å²) in [4.78, 5) is 12.4. The highest BCUT2D eigenvalue weighted by atomic mass is 16.5.